The number of hydrogen-bond acceptors (Lipinski definition) is 6. The van der Waals surface area contributed by atoms with E-state index in [2.05, 4.69) is 10.3 Å². The molecule has 0 bridgehead atoms. The van der Waals surface area contributed by atoms with Crippen molar-refractivity contribution in [2.75, 3.05) is 12.9 Å². The number of rotatable bonds is 7. The Balaban J connectivity index is 1.60. The number of nitrogens with one attached hydrogen (secondary N) is 1. The molecule has 0 spiro atoms. The average Bonchev–Trinajstić information content (AvgIpc) is 3.26. The SMILES string of the molecule is COc1ccccc1-n1c(SCC(=O)NCc2ccccc2Cl)nc2ccsc2c1=O. The molecule has 0 unspecified atom stereocenters. The molecule has 6 nitrogen and oxygen atoms in total. The van der Waals surface area contributed by atoms with Gasteiger partial charge in [0.1, 0.15) is 10.4 Å². The van der Waals surface area contributed by atoms with E-state index in [9.17, 15) is 9.59 Å². The van der Waals surface area contributed by atoms with Crippen molar-refractivity contribution in [2.24, 2.45) is 0 Å². The monoisotopic (exact) mass is 471 g/mol. The van der Waals surface area contributed by atoms with Gasteiger partial charge < -0.3 is 10.1 Å². The summed E-state index contributed by atoms with van der Waals surface area (Å²) in [5, 5.41) is 5.71. The third-order valence-corrected chi connectivity index (χ3v) is 6.74. The van der Waals surface area contributed by atoms with Gasteiger partial charge in [-0.2, -0.15) is 0 Å². The molecule has 1 amide bonds. The summed E-state index contributed by atoms with van der Waals surface area (Å²) in [7, 11) is 1.55. The lowest BCUT2D eigenvalue weighted by atomic mass is 10.2. The second kappa shape index (κ2) is 9.55. The fourth-order valence-electron chi connectivity index (χ4n) is 3.03. The van der Waals surface area contributed by atoms with Crippen LogP contribution in [-0.2, 0) is 11.3 Å². The molecule has 0 saturated carbocycles. The Labute approximate surface area is 191 Å². The van der Waals surface area contributed by atoms with Crippen LogP contribution in [0.25, 0.3) is 15.9 Å². The van der Waals surface area contributed by atoms with Gasteiger partial charge >= 0.3 is 0 Å². The Morgan fingerprint density at radius 1 is 1.19 bits per heavy atom. The van der Waals surface area contributed by atoms with Gasteiger partial charge in [-0.3, -0.25) is 14.2 Å². The topological polar surface area (TPSA) is 73.2 Å². The van der Waals surface area contributed by atoms with Gasteiger partial charge in [0.25, 0.3) is 5.56 Å². The first-order valence-electron chi connectivity index (χ1n) is 9.35. The van der Waals surface area contributed by atoms with Crippen LogP contribution in [0.3, 0.4) is 0 Å². The number of thiophene rings is 1. The van der Waals surface area contributed by atoms with Crippen molar-refractivity contribution in [3.63, 3.8) is 0 Å². The smallest absolute Gasteiger partial charge is 0.276 e. The highest BCUT2D eigenvalue weighted by atomic mass is 35.5. The third kappa shape index (κ3) is 4.61. The second-order valence-corrected chi connectivity index (χ2v) is 8.76. The van der Waals surface area contributed by atoms with E-state index in [1.807, 2.05) is 35.7 Å². The number of carbonyl (C=O) groups is 1. The van der Waals surface area contributed by atoms with Gasteiger partial charge in [0.05, 0.1) is 24.1 Å². The molecule has 158 valence electrons. The number of ether oxygens (including phenoxy) is 1. The van der Waals surface area contributed by atoms with E-state index in [-0.39, 0.29) is 17.2 Å². The average molecular weight is 472 g/mol. The van der Waals surface area contributed by atoms with Crippen LogP contribution in [0.2, 0.25) is 5.02 Å². The number of nitrogens with zero attached hydrogens (tertiary/aromatic N) is 2. The van der Waals surface area contributed by atoms with Crippen molar-refractivity contribution in [1.29, 1.82) is 0 Å². The van der Waals surface area contributed by atoms with Crippen LogP contribution < -0.4 is 15.6 Å². The maximum atomic E-state index is 13.2. The lowest BCUT2D eigenvalue weighted by molar-refractivity contribution is -0.118. The van der Waals surface area contributed by atoms with Crippen LogP contribution in [0.4, 0.5) is 0 Å². The molecular formula is C22H18ClN3O3S2. The van der Waals surface area contributed by atoms with Crippen molar-refractivity contribution in [2.45, 2.75) is 11.7 Å². The van der Waals surface area contributed by atoms with Gasteiger partial charge in [0, 0.05) is 11.6 Å². The number of aromatic nitrogens is 2. The fourth-order valence-corrected chi connectivity index (χ4v) is 4.83. The zero-order valence-electron chi connectivity index (χ0n) is 16.5. The Hall–Kier alpha value is -2.81. The predicted molar refractivity (Wildman–Crippen MR) is 126 cm³/mol. The van der Waals surface area contributed by atoms with E-state index in [0.29, 0.717) is 38.4 Å². The van der Waals surface area contributed by atoms with Crippen molar-refractivity contribution in [1.82, 2.24) is 14.9 Å². The molecule has 0 fully saturated rings. The normalized spacial score (nSPS) is 10.9. The molecule has 0 aliphatic rings. The summed E-state index contributed by atoms with van der Waals surface area (Å²) in [4.78, 5) is 30.3. The maximum absolute atomic E-state index is 13.2. The van der Waals surface area contributed by atoms with E-state index in [1.165, 1.54) is 27.7 Å². The van der Waals surface area contributed by atoms with Gasteiger partial charge in [-0.25, -0.2) is 4.98 Å². The summed E-state index contributed by atoms with van der Waals surface area (Å²) in [5.74, 6) is 0.463. The molecule has 2 heterocycles. The molecule has 4 rings (SSSR count). The van der Waals surface area contributed by atoms with Gasteiger partial charge in [0.2, 0.25) is 5.91 Å². The second-order valence-electron chi connectivity index (χ2n) is 6.50. The number of amides is 1. The van der Waals surface area contributed by atoms with Gasteiger partial charge in [-0.05, 0) is 35.2 Å². The molecule has 4 aromatic rings. The Morgan fingerprint density at radius 3 is 2.77 bits per heavy atom. The zero-order valence-corrected chi connectivity index (χ0v) is 18.9. The Kier molecular flexibility index (Phi) is 6.60. The van der Waals surface area contributed by atoms with Crippen LogP contribution in [-0.4, -0.2) is 28.3 Å². The predicted octanol–water partition coefficient (Wildman–Crippen LogP) is 4.52. The van der Waals surface area contributed by atoms with E-state index in [0.717, 1.165) is 5.56 Å². The number of hydrogen-bond donors (Lipinski definition) is 1. The van der Waals surface area contributed by atoms with E-state index in [4.69, 9.17) is 16.3 Å². The number of halogens is 1. The summed E-state index contributed by atoms with van der Waals surface area (Å²) >= 11 is 8.68. The van der Waals surface area contributed by atoms with Gasteiger partial charge in [-0.15, -0.1) is 11.3 Å². The van der Waals surface area contributed by atoms with Crippen molar-refractivity contribution in [3.8, 4) is 11.4 Å². The molecule has 2 aromatic heterocycles. The number of thioether (sulfide) groups is 1. The number of methoxy groups -OCH3 is 1. The van der Waals surface area contributed by atoms with Crippen molar-refractivity contribution < 1.29 is 9.53 Å². The lowest BCUT2D eigenvalue weighted by Gasteiger charge is -2.15. The number of benzene rings is 2. The van der Waals surface area contributed by atoms with Gasteiger partial charge in [-0.1, -0.05) is 53.7 Å². The molecule has 9 heteroatoms. The molecular weight excluding hydrogens is 454 g/mol. The Bertz CT molecular complexity index is 1300. The maximum Gasteiger partial charge on any atom is 0.276 e. The highest BCUT2D eigenvalue weighted by Crippen LogP contribution is 2.28. The van der Waals surface area contributed by atoms with Crippen LogP contribution in [0.5, 0.6) is 5.75 Å². The first-order valence-corrected chi connectivity index (χ1v) is 11.6. The largest absolute Gasteiger partial charge is 0.495 e. The molecule has 1 N–H and O–H groups in total. The highest BCUT2D eigenvalue weighted by Gasteiger charge is 2.18. The zero-order chi connectivity index (χ0) is 21.8. The summed E-state index contributed by atoms with van der Waals surface area (Å²) in [6, 6.07) is 16.4. The third-order valence-electron chi connectivity index (χ3n) is 4.54. The van der Waals surface area contributed by atoms with E-state index >= 15 is 0 Å². The molecule has 31 heavy (non-hydrogen) atoms. The lowest BCUT2D eigenvalue weighted by Crippen LogP contribution is -2.26. The molecule has 0 saturated heterocycles. The summed E-state index contributed by atoms with van der Waals surface area (Å²) in [6.07, 6.45) is 0. The Morgan fingerprint density at radius 2 is 1.97 bits per heavy atom. The fraction of sp³-hybridized carbons (Fsp3) is 0.136. The highest BCUT2D eigenvalue weighted by molar-refractivity contribution is 7.99. The molecule has 0 radical (unpaired) electrons. The van der Waals surface area contributed by atoms with Crippen molar-refractivity contribution in [3.05, 3.63) is 80.9 Å². The van der Waals surface area contributed by atoms with Crippen LogP contribution >= 0.6 is 34.7 Å². The van der Waals surface area contributed by atoms with Gasteiger partial charge in [0.15, 0.2) is 5.16 Å². The first kappa shape index (κ1) is 21.4. The minimum absolute atomic E-state index is 0.0989. The number of para-hydroxylation sites is 2. The summed E-state index contributed by atoms with van der Waals surface area (Å²) < 4.78 is 7.50. The standard InChI is InChI=1S/C22H18ClN3O3S2/c1-29-18-9-5-4-8-17(18)26-21(28)20-16(10-11-30-20)25-22(26)31-13-19(27)24-12-14-6-2-3-7-15(14)23/h2-11H,12-13H2,1H3,(H,24,27). The number of fused-ring (bicyclic) bond motifs is 1. The van der Waals surface area contributed by atoms with E-state index < -0.39 is 0 Å². The summed E-state index contributed by atoms with van der Waals surface area (Å²) in [6.45, 7) is 0.329. The number of carbonyl (C=O) groups excluding carboxylic acids is 1. The quantitative estimate of drug-likeness (QED) is 0.317. The van der Waals surface area contributed by atoms with E-state index in [1.54, 1.807) is 31.4 Å². The van der Waals surface area contributed by atoms with Crippen molar-refractivity contribution >= 4 is 50.8 Å². The molecule has 2 aromatic carbocycles. The molecule has 0 atom stereocenters. The summed E-state index contributed by atoms with van der Waals surface area (Å²) in [5.41, 5.74) is 1.84. The van der Waals surface area contributed by atoms with Crippen LogP contribution in [0.15, 0.2) is 69.9 Å². The minimum atomic E-state index is -0.191. The minimum Gasteiger partial charge on any atom is -0.495 e. The van der Waals surface area contributed by atoms with Crippen LogP contribution in [0, 0.1) is 0 Å². The first-order chi connectivity index (χ1) is 15.1. The van der Waals surface area contributed by atoms with Crippen LogP contribution in [0.1, 0.15) is 5.56 Å². The molecule has 0 aliphatic carbocycles. The molecule has 0 aliphatic heterocycles.